The number of carboxylic acid groups (broad SMARTS) is 1. The molecule has 5 nitrogen and oxygen atoms in total. The number of benzene rings is 2. The van der Waals surface area contributed by atoms with Gasteiger partial charge in [-0.2, -0.15) is 0 Å². The van der Waals surface area contributed by atoms with E-state index in [4.69, 9.17) is 9.84 Å². The lowest BCUT2D eigenvalue weighted by atomic mass is 10.00. The van der Waals surface area contributed by atoms with Gasteiger partial charge in [0, 0.05) is 13.5 Å². The van der Waals surface area contributed by atoms with E-state index in [2.05, 4.69) is 47.8 Å². The van der Waals surface area contributed by atoms with Gasteiger partial charge in [0.05, 0.1) is 6.61 Å². The molecule has 0 saturated heterocycles. The molecule has 0 fully saturated rings. The first-order chi connectivity index (χ1) is 12.6. The number of rotatable bonds is 8. The molecule has 2 N–H and O–H groups in total. The van der Waals surface area contributed by atoms with E-state index < -0.39 is 12.0 Å². The van der Waals surface area contributed by atoms with E-state index in [1.807, 2.05) is 0 Å². The minimum Gasteiger partial charge on any atom is -0.480 e. The first-order valence-electron chi connectivity index (χ1n) is 8.79. The molecule has 2 aromatic carbocycles. The molecule has 0 spiro atoms. The molecular formula is C21H23NO4. The van der Waals surface area contributed by atoms with Crippen molar-refractivity contribution in [1.29, 1.82) is 0 Å². The quantitative estimate of drug-likeness (QED) is 0.653. The summed E-state index contributed by atoms with van der Waals surface area (Å²) in [7, 11) is 1.41. The van der Waals surface area contributed by atoms with Crippen LogP contribution in [0.2, 0.25) is 0 Å². The third-order valence-electron chi connectivity index (χ3n) is 4.70. The fraction of sp³-hybridized carbons (Fsp3) is 0.333. The summed E-state index contributed by atoms with van der Waals surface area (Å²) in [5.74, 6) is -1.35. The molecule has 5 heteroatoms. The smallest absolute Gasteiger partial charge is 0.328 e. The lowest BCUT2D eigenvalue weighted by molar-refractivity contribution is -0.143. The molecule has 3 rings (SSSR count). The number of methoxy groups -OCH3 is 1. The Morgan fingerprint density at radius 3 is 2.69 bits per heavy atom. The second-order valence-corrected chi connectivity index (χ2v) is 6.59. The number of aliphatic carboxylic acids is 1. The van der Waals surface area contributed by atoms with Gasteiger partial charge >= 0.3 is 5.97 Å². The predicted octanol–water partition coefficient (Wildman–Crippen LogP) is 2.80. The van der Waals surface area contributed by atoms with Crippen LogP contribution in [0.15, 0.2) is 42.5 Å². The summed E-state index contributed by atoms with van der Waals surface area (Å²) < 4.78 is 4.82. The van der Waals surface area contributed by atoms with Crippen molar-refractivity contribution in [2.45, 2.75) is 31.7 Å². The van der Waals surface area contributed by atoms with Crippen molar-refractivity contribution < 1.29 is 19.4 Å². The van der Waals surface area contributed by atoms with Crippen molar-refractivity contribution in [2.75, 3.05) is 13.7 Å². The Morgan fingerprint density at radius 2 is 1.92 bits per heavy atom. The Hall–Kier alpha value is -2.66. The molecule has 1 atom stereocenters. The zero-order chi connectivity index (χ0) is 18.5. The average Bonchev–Trinajstić information content (AvgIpc) is 2.99. The van der Waals surface area contributed by atoms with Gasteiger partial charge in [0.1, 0.15) is 0 Å². The third-order valence-corrected chi connectivity index (χ3v) is 4.70. The summed E-state index contributed by atoms with van der Waals surface area (Å²) in [5, 5.41) is 11.5. The standard InChI is InChI=1S/C21H23NO4/c1-26-13-19(21(24)25)22-20(23)8-4-5-14-9-10-16-12-15-6-2-3-7-17(15)18(16)11-14/h2-3,6-7,9-11,19H,4-5,8,12-13H2,1H3,(H,22,23)(H,24,25). The van der Waals surface area contributed by atoms with Gasteiger partial charge in [0.2, 0.25) is 5.91 Å². The van der Waals surface area contributed by atoms with Crippen LogP contribution in [0.1, 0.15) is 29.5 Å². The number of nitrogens with one attached hydrogen (secondary N) is 1. The van der Waals surface area contributed by atoms with Crippen molar-refractivity contribution >= 4 is 11.9 Å². The van der Waals surface area contributed by atoms with Crippen molar-refractivity contribution in [1.82, 2.24) is 5.32 Å². The van der Waals surface area contributed by atoms with Crippen LogP contribution in [0.25, 0.3) is 11.1 Å². The molecule has 26 heavy (non-hydrogen) atoms. The predicted molar refractivity (Wildman–Crippen MR) is 99.1 cm³/mol. The van der Waals surface area contributed by atoms with Crippen LogP contribution >= 0.6 is 0 Å². The monoisotopic (exact) mass is 353 g/mol. The minimum atomic E-state index is -1.09. The van der Waals surface area contributed by atoms with Gasteiger partial charge in [-0.05, 0) is 47.1 Å². The van der Waals surface area contributed by atoms with Gasteiger partial charge in [-0.1, -0.05) is 42.5 Å². The Labute approximate surface area is 153 Å². The van der Waals surface area contributed by atoms with E-state index in [0.29, 0.717) is 12.8 Å². The molecule has 1 aliphatic rings. The van der Waals surface area contributed by atoms with Crippen LogP contribution in [0.5, 0.6) is 0 Å². The number of aryl methyl sites for hydroxylation is 1. The van der Waals surface area contributed by atoms with Gasteiger partial charge in [-0.3, -0.25) is 4.79 Å². The topological polar surface area (TPSA) is 75.6 Å². The molecule has 0 aliphatic heterocycles. The molecule has 0 aromatic heterocycles. The number of fused-ring (bicyclic) bond motifs is 3. The van der Waals surface area contributed by atoms with Crippen molar-refractivity contribution in [2.24, 2.45) is 0 Å². The van der Waals surface area contributed by atoms with E-state index in [9.17, 15) is 9.59 Å². The first kappa shape index (κ1) is 18.1. The summed E-state index contributed by atoms with van der Waals surface area (Å²) in [5.41, 5.74) is 6.48. The number of hydrogen-bond donors (Lipinski definition) is 2. The summed E-state index contributed by atoms with van der Waals surface area (Å²) in [6.07, 6.45) is 2.72. The molecular weight excluding hydrogens is 330 g/mol. The summed E-state index contributed by atoms with van der Waals surface area (Å²) >= 11 is 0. The Bertz CT molecular complexity index is 815. The first-order valence-corrected chi connectivity index (χ1v) is 8.79. The normalized spacial score (nSPS) is 13.0. The van der Waals surface area contributed by atoms with E-state index >= 15 is 0 Å². The SMILES string of the molecule is COCC(NC(=O)CCCc1ccc2c(c1)-c1ccccc1C2)C(=O)O. The number of amides is 1. The lowest BCUT2D eigenvalue weighted by Crippen LogP contribution is -2.43. The van der Waals surface area contributed by atoms with E-state index in [1.54, 1.807) is 0 Å². The fourth-order valence-corrected chi connectivity index (χ4v) is 3.39. The molecule has 0 saturated carbocycles. The van der Waals surface area contributed by atoms with Gasteiger partial charge in [-0.15, -0.1) is 0 Å². The summed E-state index contributed by atoms with van der Waals surface area (Å²) in [4.78, 5) is 23.0. The Balaban J connectivity index is 1.55. The largest absolute Gasteiger partial charge is 0.480 e. The second-order valence-electron chi connectivity index (χ2n) is 6.59. The van der Waals surface area contributed by atoms with E-state index in [-0.39, 0.29) is 12.5 Å². The van der Waals surface area contributed by atoms with Gasteiger partial charge < -0.3 is 15.2 Å². The highest BCUT2D eigenvalue weighted by Gasteiger charge is 2.20. The average molecular weight is 353 g/mol. The number of carbonyl (C=O) groups is 2. The van der Waals surface area contributed by atoms with Crippen LogP contribution < -0.4 is 5.32 Å². The highest BCUT2D eigenvalue weighted by molar-refractivity contribution is 5.83. The zero-order valence-electron chi connectivity index (χ0n) is 14.8. The number of carboxylic acids is 1. The summed E-state index contributed by atoms with van der Waals surface area (Å²) in [6.45, 7) is -0.0364. The molecule has 1 amide bonds. The number of ether oxygens (including phenoxy) is 1. The van der Waals surface area contributed by atoms with Crippen LogP contribution in [-0.2, 0) is 27.2 Å². The molecule has 1 aliphatic carbocycles. The highest BCUT2D eigenvalue weighted by atomic mass is 16.5. The molecule has 1 unspecified atom stereocenters. The van der Waals surface area contributed by atoms with Gasteiger partial charge in [-0.25, -0.2) is 4.79 Å². The highest BCUT2D eigenvalue weighted by Crippen LogP contribution is 2.36. The van der Waals surface area contributed by atoms with Crippen LogP contribution in [0.4, 0.5) is 0 Å². The van der Waals surface area contributed by atoms with E-state index in [0.717, 1.165) is 12.8 Å². The van der Waals surface area contributed by atoms with Crippen molar-refractivity contribution in [3.63, 3.8) is 0 Å². The van der Waals surface area contributed by atoms with E-state index in [1.165, 1.54) is 34.9 Å². The Kier molecular flexibility index (Phi) is 5.68. The van der Waals surface area contributed by atoms with Gasteiger partial charge in [0.25, 0.3) is 0 Å². The van der Waals surface area contributed by atoms with Crippen molar-refractivity contribution in [3.05, 3.63) is 59.2 Å². The fourth-order valence-electron chi connectivity index (χ4n) is 3.39. The maximum Gasteiger partial charge on any atom is 0.328 e. The maximum absolute atomic E-state index is 11.9. The Morgan fingerprint density at radius 1 is 1.15 bits per heavy atom. The summed E-state index contributed by atoms with van der Waals surface area (Å²) in [6, 6.07) is 14.0. The molecule has 0 radical (unpaired) electrons. The lowest BCUT2D eigenvalue weighted by Gasteiger charge is -2.13. The van der Waals surface area contributed by atoms with Crippen LogP contribution in [0, 0.1) is 0 Å². The van der Waals surface area contributed by atoms with Crippen molar-refractivity contribution in [3.8, 4) is 11.1 Å². The van der Waals surface area contributed by atoms with Crippen LogP contribution in [-0.4, -0.2) is 36.7 Å². The molecule has 2 aromatic rings. The minimum absolute atomic E-state index is 0.0364. The van der Waals surface area contributed by atoms with Crippen LogP contribution in [0.3, 0.4) is 0 Å². The maximum atomic E-state index is 11.9. The number of hydrogen-bond acceptors (Lipinski definition) is 3. The zero-order valence-corrected chi connectivity index (χ0v) is 14.8. The molecule has 0 heterocycles. The van der Waals surface area contributed by atoms with Gasteiger partial charge in [0.15, 0.2) is 6.04 Å². The molecule has 0 bridgehead atoms. The third kappa shape index (κ3) is 4.11. The molecule has 136 valence electrons. The number of carbonyl (C=O) groups excluding carboxylic acids is 1. The second kappa shape index (κ2) is 8.15.